The van der Waals surface area contributed by atoms with Gasteiger partial charge in [0.1, 0.15) is 0 Å². The Balaban J connectivity index is 1.29. The third kappa shape index (κ3) is 3.24. The van der Waals surface area contributed by atoms with Crippen molar-refractivity contribution in [3.05, 3.63) is 114 Å². The van der Waals surface area contributed by atoms with Gasteiger partial charge >= 0.3 is 0 Å². The molecule has 5 aromatic carbocycles. The first-order valence-electron chi connectivity index (χ1n) is 12.7. The molecule has 37 heavy (non-hydrogen) atoms. The number of aromatic nitrogens is 2. The smallest absolute Gasteiger partial charge is 0.0979 e. The van der Waals surface area contributed by atoms with Gasteiger partial charge in [-0.2, -0.15) is 0 Å². The van der Waals surface area contributed by atoms with Crippen molar-refractivity contribution in [2.75, 3.05) is 0 Å². The SMILES string of the molecule is C1=Cc2c(sc3ccc(-c4cccc(-c5cnc6c7ccccc7c7ccccc7c6n5)c4)cc23)CC1. The maximum absolute atomic E-state index is 5.19. The molecule has 2 aromatic heterocycles. The summed E-state index contributed by atoms with van der Waals surface area (Å²) in [5.41, 5.74) is 7.72. The molecule has 0 aliphatic heterocycles. The first kappa shape index (κ1) is 20.8. The van der Waals surface area contributed by atoms with Gasteiger partial charge in [0.2, 0.25) is 0 Å². The van der Waals surface area contributed by atoms with Crippen molar-refractivity contribution < 1.29 is 0 Å². The number of thiophene rings is 1. The van der Waals surface area contributed by atoms with Gasteiger partial charge in [0.25, 0.3) is 0 Å². The third-order valence-electron chi connectivity index (χ3n) is 7.54. The minimum atomic E-state index is 0.895. The van der Waals surface area contributed by atoms with E-state index in [0.717, 1.165) is 45.9 Å². The molecule has 0 fully saturated rings. The van der Waals surface area contributed by atoms with Gasteiger partial charge in [0, 0.05) is 31.3 Å². The second kappa shape index (κ2) is 8.09. The van der Waals surface area contributed by atoms with Crippen LogP contribution in [0.1, 0.15) is 16.9 Å². The molecule has 0 bridgehead atoms. The van der Waals surface area contributed by atoms with E-state index in [4.69, 9.17) is 9.97 Å². The summed E-state index contributed by atoms with van der Waals surface area (Å²) in [5, 5.41) is 6.08. The summed E-state index contributed by atoms with van der Waals surface area (Å²) < 4.78 is 1.37. The fourth-order valence-electron chi connectivity index (χ4n) is 5.75. The Kier molecular flexibility index (Phi) is 4.55. The van der Waals surface area contributed by atoms with Crippen molar-refractivity contribution in [1.29, 1.82) is 0 Å². The Labute approximate surface area is 218 Å². The standard InChI is InChI=1S/C34H22N2S/c1-3-13-27-24(10-1)25-11-2-4-14-28(25)34-33(27)35-20-30(36-34)23-9-7-8-21(18-23)22-16-17-32-29(19-22)26-12-5-6-15-31(26)37-32/h1-5,7-14,16-20H,6,15H2. The molecule has 2 nitrogen and oxygen atoms in total. The van der Waals surface area contributed by atoms with E-state index in [0.29, 0.717) is 0 Å². The van der Waals surface area contributed by atoms with Gasteiger partial charge < -0.3 is 0 Å². The lowest BCUT2D eigenvalue weighted by molar-refractivity contribution is 1.02. The van der Waals surface area contributed by atoms with Crippen LogP contribution in [-0.2, 0) is 6.42 Å². The molecule has 1 aliphatic rings. The minimum absolute atomic E-state index is 0.895. The predicted octanol–water partition coefficient (Wildman–Crippen LogP) is 9.44. The number of nitrogens with zero attached hydrogens (tertiary/aromatic N) is 2. The average Bonchev–Trinajstić information content (AvgIpc) is 3.35. The minimum Gasteiger partial charge on any atom is -0.252 e. The Bertz CT molecular complexity index is 2010. The van der Waals surface area contributed by atoms with Crippen LogP contribution in [-0.4, -0.2) is 9.97 Å². The number of benzene rings is 5. The van der Waals surface area contributed by atoms with Crippen molar-refractivity contribution in [3.63, 3.8) is 0 Å². The lowest BCUT2D eigenvalue weighted by Crippen LogP contribution is -1.92. The molecular formula is C34H22N2S. The second-order valence-corrected chi connectivity index (χ2v) is 10.9. The van der Waals surface area contributed by atoms with E-state index in [-0.39, 0.29) is 0 Å². The van der Waals surface area contributed by atoms with E-state index < -0.39 is 0 Å². The summed E-state index contributed by atoms with van der Waals surface area (Å²) in [6.07, 6.45) is 8.82. The van der Waals surface area contributed by atoms with E-state index in [1.165, 1.54) is 42.4 Å². The molecular weight excluding hydrogens is 468 g/mol. The van der Waals surface area contributed by atoms with Gasteiger partial charge in [-0.3, -0.25) is 4.98 Å². The van der Waals surface area contributed by atoms with Gasteiger partial charge in [0.15, 0.2) is 0 Å². The number of fused-ring (bicyclic) bond motifs is 9. The Morgan fingerprint density at radius 2 is 1.35 bits per heavy atom. The highest BCUT2D eigenvalue weighted by atomic mass is 32.1. The molecule has 174 valence electrons. The van der Waals surface area contributed by atoms with Crippen LogP contribution in [0.2, 0.25) is 0 Å². The molecule has 2 heterocycles. The third-order valence-corrected chi connectivity index (χ3v) is 8.79. The van der Waals surface area contributed by atoms with Gasteiger partial charge in [-0.1, -0.05) is 84.9 Å². The van der Waals surface area contributed by atoms with Crippen molar-refractivity contribution >= 4 is 60.1 Å². The van der Waals surface area contributed by atoms with E-state index in [2.05, 4.69) is 103 Å². The van der Waals surface area contributed by atoms with Crippen molar-refractivity contribution in [2.45, 2.75) is 12.8 Å². The fraction of sp³-hybridized carbons (Fsp3) is 0.0588. The molecule has 1 aliphatic carbocycles. The van der Waals surface area contributed by atoms with Gasteiger partial charge in [0.05, 0.1) is 22.9 Å². The summed E-state index contributed by atoms with van der Waals surface area (Å²) in [6.45, 7) is 0. The molecule has 0 atom stereocenters. The molecule has 0 amide bonds. The molecule has 0 saturated carbocycles. The van der Waals surface area contributed by atoms with Crippen LogP contribution in [0.3, 0.4) is 0 Å². The van der Waals surface area contributed by atoms with E-state index in [1.807, 2.05) is 17.5 Å². The zero-order valence-corrected chi connectivity index (χ0v) is 20.9. The lowest BCUT2D eigenvalue weighted by atomic mass is 9.97. The molecule has 0 N–H and O–H groups in total. The average molecular weight is 491 g/mol. The first-order chi connectivity index (χ1) is 18.3. The topological polar surface area (TPSA) is 25.8 Å². The molecule has 3 heteroatoms. The summed E-state index contributed by atoms with van der Waals surface area (Å²) >= 11 is 1.94. The molecule has 0 spiro atoms. The second-order valence-electron chi connectivity index (χ2n) is 9.72. The highest BCUT2D eigenvalue weighted by Gasteiger charge is 2.15. The summed E-state index contributed by atoms with van der Waals surface area (Å²) in [5.74, 6) is 0. The first-order valence-corrected chi connectivity index (χ1v) is 13.5. The van der Waals surface area contributed by atoms with Crippen LogP contribution in [0.25, 0.3) is 71.1 Å². The molecule has 0 saturated heterocycles. The van der Waals surface area contributed by atoms with E-state index in [1.54, 1.807) is 0 Å². The van der Waals surface area contributed by atoms with Crippen LogP contribution in [0.5, 0.6) is 0 Å². The fourth-order valence-corrected chi connectivity index (χ4v) is 6.94. The maximum Gasteiger partial charge on any atom is 0.0979 e. The summed E-state index contributed by atoms with van der Waals surface area (Å²) in [6, 6.07) is 32.6. The quantitative estimate of drug-likeness (QED) is 0.226. The summed E-state index contributed by atoms with van der Waals surface area (Å²) in [4.78, 5) is 11.6. The lowest BCUT2D eigenvalue weighted by Gasteiger charge is -2.11. The highest BCUT2D eigenvalue weighted by Crippen LogP contribution is 2.39. The summed E-state index contributed by atoms with van der Waals surface area (Å²) in [7, 11) is 0. The van der Waals surface area contributed by atoms with Crippen molar-refractivity contribution in [2.24, 2.45) is 0 Å². The predicted molar refractivity (Wildman–Crippen MR) is 158 cm³/mol. The number of aryl methyl sites for hydroxylation is 1. The highest BCUT2D eigenvalue weighted by molar-refractivity contribution is 7.19. The van der Waals surface area contributed by atoms with Crippen LogP contribution in [0, 0.1) is 0 Å². The normalized spacial score (nSPS) is 13.1. The van der Waals surface area contributed by atoms with Crippen LogP contribution in [0.15, 0.2) is 103 Å². The van der Waals surface area contributed by atoms with Crippen LogP contribution >= 0.6 is 11.3 Å². The zero-order valence-electron chi connectivity index (χ0n) is 20.1. The molecule has 8 rings (SSSR count). The number of allylic oxidation sites excluding steroid dienone is 1. The van der Waals surface area contributed by atoms with Crippen molar-refractivity contribution in [1.82, 2.24) is 9.97 Å². The zero-order chi connectivity index (χ0) is 24.3. The number of hydrogen-bond acceptors (Lipinski definition) is 3. The largest absolute Gasteiger partial charge is 0.252 e. The van der Waals surface area contributed by atoms with Crippen molar-refractivity contribution in [3.8, 4) is 22.4 Å². The van der Waals surface area contributed by atoms with Crippen LogP contribution in [0.4, 0.5) is 0 Å². The molecule has 0 radical (unpaired) electrons. The van der Waals surface area contributed by atoms with E-state index in [9.17, 15) is 0 Å². The Morgan fingerprint density at radius 3 is 2.19 bits per heavy atom. The van der Waals surface area contributed by atoms with Gasteiger partial charge in [-0.05, 0) is 58.5 Å². The van der Waals surface area contributed by atoms with Gasteiger partial charge in [-0.25, -0.2) is 4.98 Å². The molecule has 7 aromatic rings. The molecule has 0 unspecified atom stereocenters. The van der Waals surface area contributed by atoms with Crippen LogP contribution < -0.4 is 0 Å². The Hall–Kier alpha value is -4.34. The Morgan fingerprint density at radius 1 is 0.622 bits per heavy atom. The monoisotopic (exact) mass is 490 g/mol. The number of hydrogen-bond donors (Lipinski definition) is 0. The van der Waals surface area contributed by atoms with Gasteiger partial charge in [-0.15, -0.1) is 11.3 Å². The maximum atomic E-state index is 5.19. The number of rotatable bonds is 2. The van der Waals surface area contributed by atoms with E-state index >= 15 is 0 Å².